The number of nitrogens with zero attached hydrogens (tertiary/aromatic N) is 1. The number of ether oxygens (including phenoxy) is 1. The van der Waals surface area contributed by atoms with E-state index in [0.29, 0.717) is 5.41 Å². The molecule has 2 aliphatic heterocycles. The van der Waals surface area contributed by atoms with Crippen molar-refractivity contribution in [3.05, 3.63) is 0 Å². The SMILES string of the molecule is CC1(C)CCN(CC2(N)CCOC2)C1. The Morgan fingerprint density at radius 2 is 2.14 bits per heavy atom. The lowest BCUT2D eigenvalue weighted by molar-refractivity contribution is 0.157. The molecule has 2 N–H and O–H groups in total. The van der Waals surface area contributed by atoms with Crippen molar-refractivity contribution in [2.45, 2.75) is 32.2 Å². The molecule has 0 amide bonds. The van der Waals surface area contributed by atoms with Gasteiger partial charge in [0.2, 0.25) is 0 Å². The largest absolute Gasteiger partial charge is 0.379 e. The quantitative estimate of drug-likeness (QED) is 0.714. The van der Waals surface area contributed by atoms with E-state index in [1.807, 2.05) is 0 Å². The van der Waals surface area contributed by atoms with Gasteiger partial charge in [0.05, 0.1) is 12.1 Å². The van der Waals surface area contributed by atoms with Crippen LogP contribution in [0.5, 0.6) is 0 Å². The van der Waals surface area contributed by atoms with Gasteiger partial charge in [-0.1, -0.05) is 13.8 Å². The van der Waals surface area contributed by atoms with Crippen LogP contribution in [-0.2, 0) is 4.74 Å². The first kappa shape index (κ1) is 10.4. The molecule has 2 fully saturated rings. The van der Waals surface area contributed by atoms with Gasteiger partial charge in [-0.3, -0.25) is 0 Å². The molecule has 0 bridgehead atoms. The van der Waals surface area contributed by atoms with Gasteiger partial charge in [0, 0.05) is 19.7 Å². The number of nitrogens with two attached hydrogens (primary N) is 1. The molecule has 0 aromatic rings. The Bertz CT molecular complexity index is 209. The second kappa shape index (κ2) is 3.47. The number of hydrogen-bond acceptors (Lipinski definition) is 3. The molecule has 0 aromatic heterocycles. The fourth-order valence-corrected chi connectivity index (χ4v) is 2.55. The van der Waals surface area contributed by atoms with Crippen LogP contribution >= 0.6 is 0 Å². The molecule has 3 heteroatoms. The molecule has 2 aliphatic rings. The highest BCUT2D eigenvalue weighted by atomic mass is 16.5. The van der Waals surface area contributed by atoms with Crippen molar-refractivity contribution in [3.63, 3.8) is 0 Å². The van der Waals surface area contributed by atoms with Crippen molar-refractivity contribution in [1.29, 1.82) is 0 Å². The fraction of sp³-hybridized carbons (Fsp3) is 1.00. The monoisotopic (exact) mass is 198 g/mol. The van der Waals surface area contributed by atoms with Crippen LogP contribution in [-0.4, -0.2) is 43.3 Å². The van der Waals surface area contributed by atoms with Crippen LogP contribution in [0.3, 0.4) is 0 Å². The predicted molar refractivity (Wildman–Crippen MR) is 57.2 cm³/mol. The van der Waals surface area contributed by atoms with E-state index < -0.39 is 0 Å². The third-order valence-corrected chi connectivity index (χ3v) is 3.43. The van der Waals surface area contributed by atoms with Crippen LogP contribution in [0.4, 0.5) is 0 Å². The van der Waals surface area contributed by atoms with Crippen molar-refractivity contribution in [2.75, 3.05) is 32.8 Å². The fourth-order valence-electron chi connectivity index (χ4n) is 2.55. The average molecular weight is 198 g/mol. The van der Waals surface area contributed by atoms with Gasteiger partial charge in [0.15, 0.2) is 0 Å². The number of hydrogen-bond donors (Lipinski definition) is 1. The van der Waals surface area contributed by atoms with Gasteiger partial charge in [-0.2, -0.15) is 0 Å². The summed E-state index contributed by atoms with van der Waals surface area (Å²) < 4.78 is 5.37. The lowest BCUT2D eigenvalue weighted by Crippen LogP contribution is -2.50. The highest BCUT2D eigenvalue weighted by Gasteiger charge is 2.36. The molecule has 0 radical (unpaired) electrons. The van der Waals surface area contributed by atoms with E-state index in [1.54, 1.807) is 0 Å². The van der Waals surface area contributed by atoms with Crippen LogP contribution in [0.1, 0.15) is 26.7 Å². The van der Waals surface area contributed by atoms with E-state index in [2.05, 4.69) is 18.7 Å². The maximum absolute atomic E-state index is 6.26. The highest BCUT2D eigenvalue weighted by Crippen LogP contribution is 2.30. The molecule has 2 saturated heterocycles. The van der Waals surface area contributed by atoms with E-state index in [4.69, 9.17) is 10.5 Å². The van der Waals surface area contributed by atoms with Crippen LogP contribution in [0.2, 0.25) is 0 Å². The smallest absolute Gasteiger partial charge is 0.0659 e. The second-order valence-electron chi connectivity index (χ2n) is 5.79. The molecule has 2 rings (SSSR count). The molecule has 82 valence electrons. The summed E-state index contributed by atoms with van der Waals surface area (Å²) in [5.74, 6) is 0. The van der Waals surface area contributed by atoms with E-state index in [-0.39, 0.29) is 5.54 Å². The van der Waals surface area contributed by atoms with Crippen LogP contribution < -0.4 is 5.73 Å². The molecule has 14 heavy (non-hydrogen) atoms. The van der Waals surface area contributed by atoms with Gasteiger partial charge in [-0.25, -0.2) is 0 Å². The molecular formula is C11H22N2O. The van der Waals surface area contributed by atoms with Crippen LogP contribution in [0.15, 0.2) is 0 Å². The average Bonchev–Trinajstić information content (AvgIpc) is 2.59. The van der Waals surface area contributed by atoms with E-state index in [0.717, 1.165) is 26.2 Å². The van der Waals surface area contributed by atoms with E-state index in [1.165, 1.54) is 19.5 Å². The lowest BCUT2D eigenvalue weighted by atomic mass is 9.93. The first-order valence-corrected chi connectivity index (χ1v) is 5.58. The first-order valence-electron chi connectivity index (χ1n) is 5.58. The highest BCUT2D eigenvalue weighted by molar-refractivity contribution is 4.94. The van der Waals surface area contributed by atoms with E-state index in [9.17, 15) is 0 Å². The Labute approximate surface area is 86.6 Å². The minimum Gasteiger partial charge on any atom is -0.379 e. The summed E-state index contributed by atoms with van der Waals surface area (Å²) in [5.41, 5.74) is 6.67. The number of rotatable bonds is 2. The zero-order valence-electron chi connectivity index (χ0n) is 9.38. The van der Waals surface area contributed by atoms with Crippen molar-refractivity contribution < 1.29 is 4.74 Å². The van der Waals surface area contributed by atoms with Gasteiger partial charge >= 0.3 is 0 Å². The lowest BCUT2D eigenvalue weighted by Gasteiger charge is -2.29. The molecule has 0 saturated carbocycles. The maximum Gasteiger partial charge on any atom is 0.0659 e. The maximum atomic E-state index is 6.26. The topological polar surface area (TPSA) is 38.5 Å². The summed E-state index contributed by atoms with van der Waals surface area (Å²) in [5, 5.41) is 0. The minimum atomic E-state index is -0.0690. The molecule has 1 atom stereocenters. The summed E-state index contributed by atoms with van der Waals surface area (Å²) in [7, 11) is 0. The third kappa shape index (κ3) is 2.27. The summed E-state index contributed by atoms with van der Waals surface area (Å²) in [6, 6.07) is 0. The summed E-state index contributed by atoms with van der Waals surface area (Å²) >= 11 is 0. The minimum absolute atomic E-state index is 0.0690. The summed E-state index contributed by atoms with van der Waals surface area (Å²) in [4.78, 5) is 2.49. The zero-order valence-corrected chi connectivity index (χ0v) is 9.38. The normalized spacial score (nSPS) is 37.9. The van der Waals surface area contributed by atoms with Gasteiger partial charge in [0.1, 0.15) is 0 Å². The zero-order chi connectivity index (χ0) is 10.2. The molecule has 2 heterocycles. The van der Waals surface area contributed by atoms with Gasteiger partial charge in [-0.15, -0.1) is 0 Å². The van der Waals surface area contributed by atoms with Crippen LogP contribution in [0.25, 0.3) is 0 Å². The van der Waals surface area contributed by atoms with Gasteiger partial charge in [0.25, 0.3) is 0 Å². The molecular weight excluding hydrogens is 176 g/mol. The second-order valence-corrected chi connectivity index (χ2v) is 5.79. The standard InChI is InChI=1S/C11H22N2O/c1-10(2)3-5-13(7-10)8-11(12)4-6-14-9-11/h3-9,12H2,1-2H3. The van der Waals surface area contributed by atoms with Gasteiger partial charge in [-0.05, 0) is 24.8 Å². The van der Waals surface area contributed by atoms with E-state index >= 15 is 0 Å². The van der Waals surface area contributed by atoms with Crippen molar-refractivity contribution in [3.8, 4) is 0 Å². The molecule has 3 nitrogen and oxygen atoms in total. The first-order chi connectivity index (χ1) is 6.49. The Morgan fingerprint density at radius 3 is 2.64 bits per heavy atom. The summed E-state index contributed by atoms with van der Waals surface area (Å²) in [6.07, 6.45) is 2.31. The third-order valence-electron chi connectivity index (χ3n) is 3.43. The summed E-state index contributed by atoms with van der Waals surface area (Å²) in [6.45, 7) is 9.65. The van der Waals surface area contributed by atoms with Crippen LogP contribution in [0, 0.1) is 5.41 Å². The van der Waals surface area contributed by atoms with Crippen molar-refractivity contribution in [1.82, 2.24) is 4.90 Å². The molecule has 0 aliphatic carbocycles. The Kier molecular flexibility index (Phi) is 2.58. The number of likely N-dealkylation sites (tertiary alicyclic amines) is 1. The van der Waals surface area contributed by atoms with Gasteiger partial charge < -0.3 is 15.4 Å². The van der Waals surface area contributed by atoms with Crippen molar-refractivity contribution in [2.24, 2.45) is 11.1 Å². The predicted octanol–water partition coefficient (Wildman–Crippen LogP) is 0.836. The Morgan fingerprint density at radius 1 is 1.36 bits per heavy atom. The Balaban J connectivity index is 1.86. The molecule has 1 unspecified atom stereocenters. The van der Waals surface area contributed by atoms with Crippen molar-refractivity contribution >= 4 is 0 Å². The molecule has 0 aromatic carbocycles. The molecule has 0 spiro atoms. The Hall–Kier alpha value is -0.120.